The minimum atomic E-state index is -0.509. The lowest BCUT2D eigenvalue weighted by molar-refractivity contribution is -0.202. The molecular weight excluding hydrogens is 180 g/mol. The van der Waals surface area contributed by atoms with Gasteiger partial charge in [-0.3, -0.25) is 0 Å². The molecule has 0 aliphatic carbocycles. The molecule has 0 heterocycles. The summed E-state index contributed by atoms with van der Waals surface area (Å²) in [7, 11) is 0. The maximum atomic E-state index is 9.98. The van der Waals surface area contributed by atoms with Crippen molar-refractivity contribution in [2.45, 2.75) is 52.9 Å². The number of rotatable bonds is 8. The van der Waals surface area contributed by atoms with Crippen molar-refractivity contribution in [2.75, 3.05) is 13.2 Å². The maximum absolute atomic E-state index is 9.98. The number of aliphatic hydroxyl groups is 1. The Bertz CT molecular complexity index is 118. The summed E-state index contributed by atoms with van der Waals surface area (Å²) in [5.41, 5.74) is 0. The Kier molecular flexibility index (Phi) is 8.14. The van der Waals surface area contributed by atoms with Crippen LogP contribution in [0.4, 0.5) is 0 Å². The maximum Gasteiger partial charge on any atom is 0.183 e. The van der Waals surface area contributed by atoms with E-state index in [1.807, 2.05) is 13.8 Å². The van der Waals surface area contributed by atoms with Crippen LogP contribution in [-0.2, 0) is 9.47 Å². The van der Waals surface area contributed by atoms with Crippen LogP contribution in [0, 0.1) is 5.92 Å². The molecule has 0 aromatic carbocycles. The lowest BCUT2D eigenvalue weighted by atomic mass is 9.96. The van der Waals surface area contributed by atoms with Crippen molar-refractivity contribution in [3.63, 3.8) is 0 Å². The van der Waals surface area contributed by atoms with Crippen molar-refractivity contribution in [1.82, 2.24) is 0 Å². The van der Waals surface area contributed by atoms with Gasteiger partial charge in [-0.1, -0.05) is 26.7 Å². The van der Waals surface area contributed by atoms with Gasteiger partial charge in [-0.15, -0.1) is 0 Å². The van der Waals surface area contributed by atoms with E-state index in [9.17, 15) is 5.11 Å². The highest BCUT2D eigenvalue weighted by Gasteiger charge is 2.26. The molecule has 14 heavy (non-hydrogen) atoms. The Morgan fingerprint density at radius 2 is 1.36 bits per heavy atom. The van der Waals surface area contributed by atoms with Crippen LogP contribution in [0.2, 0.25) is 0 Å². The molecule has 0 rings (SSSR count). The summed E-state index contributed by atoms with van der Waals surface area (Å²) in [5.74, 6) is 0.262. The standard InChI is InChI=1S/C11H24O3/c1-5-9(6-2)10(12)11(13-7-3)14-8-4/h9-12H,5-8H2,1-4H3. The second-order valence-electron chi connectivity index (χ2n) is 3.35. The molecule has 86 valence electrons. The SMILES string of the molecule is CCOC(OCC)C(O)C(CC)CC. The predicted octanol–water partition coefficient (Wildman–Crippen LogP) is 2.18. The highest BCUT2D eigenvalue weighted by atomic mass is 16.7. The molecule has 0 bridgehead atoms. The highest BCUT2D eigenvalue weighted by molar-refractivity contribution is 4.69. The minimum Gasteiger partial charge on any atom is -0.388 e. The largest absolute Gasteiger partial charge is 0.388 e. The van der Waals surface area contributed by atoms with Crippen LogP contribution in [0.5, 0.6) is 0 Å². The van der Waals surface area contributed by atoms with Gasteiger partial charge in [-0.05, 0) is 19.8 Å². The summed E-state index contributed by atoms with van der Waals surface area (Å²) >= 11 is 0. The molecule has 3 heteroatoms. The summed E-state index contributed by atoms with van der Waals surface area (Å²) in [4.78, 5) is 0. The molecule has 0 aliphatic heterocycles. The van der Waals surface area contributed by atoms with E-state index in [2.05, 4.69) is 13.8 Å². The molecule has 0 radical (unpaired) electrons. The van der Waals surface area contributed by atoms with Gasteiger partial charge in [0, 0.05) is 13.2 Å². The van der Waals surface area contributed by atoms with Gasteiger partial charge < -0.3 is 14.6 Å². The van der Waals surface area contributed by atoms with E-state index < -0.39 is 12.4 Å². The number of aliphatic hydroxyl groups excluding tert-OH is 1. The number of hydrogen-bond acceptors (Lipinski definition) is 3. The zero-order valence-electron chi connectivity index (χ0n) is 9.82. The van der Waals surface area contributed by atoms with Crippen LogP contribution >= 0.6 is 0 Å². The minimum absolute atomic E-state index is 0.262. The van der Waals surface area contributed by atoms with Crippen molar-refractivity contribution >= 4 is 0 Å². The second-order valence-corrected chi connectivity index (χ2v) is 3.35. The van der Waals surface area contributed by atoms with E-state index in [4.69, 9.17) is 9.47 Å². The van der Waals surface area contributed by atoms with Gasteiger partial charge in [0.05, 0.1) is 0 Å². The number of ether oxygens (including phenoxy) is 2. The number of hydrogen-bond donors (Lipinski definition) is 1. The summed E-state index contributed by atoms with van der Waals surface area (Å²) in [6, 6.07) is 0. The summed E-state index contributed by atoms with van der Waals surface area (Å²) < 4.78 is 10.7. The molecule has 1 N–H and O–H groups in total. The quantitative estimate of drug-likeness (QED) is 0.616. The lowest BCUT2D eigenvalue weighted by Gasteiger charge is -2.28. The zero-order valence-corrected chi connectivity index (χ0v) is 9.82. The molecule has 0 aromatic heterocycles. The molecule has 0 aromatic rings. The average Bonchev–Trinajstić information content (AvgIpc) is 2.19. The normalized spacial score (nSPS) is 13.9. The Morgan fingerprint density at radius 3 is 1.64 bits per heavy atom. The fourth-order valence-corrected chi connectivity index (χ4v) is 1.57. The van der Waals surface area contributed by atoms with E-state index in [0.717, 1.165) is 12.8 Å². The summed E-state index contributed by atoms with van der Waals surface area (Å²) in [6.07, 6.45) is 0.933. The van der Waals surface area contributed by atoms with E-state index >= 15 is 0 Å². The van der Waals surface area contributed by atoms with Gasteiger partial charge in [0.15, 0.2) is 6.29 Å². The first-order valence-corrected chi connectivity index (χ1v) is 5.62. The van der Waals surface area contributed by atoms with Crippen molar-refractivity contribution in [1.29, 1.82) is 0 Å². The smallest absolute Gasteiger partial charge is 0.183 e. The first kappa shape index (κ1) is 13.9. The van der Waals surface area contributed by atoms with Crippen LogP contribution in [0.25, 0.3) is 0 Å². The topological polar surface area (TPSA) is 38.7 Å². The molecule has 0 fully saturated rings. The average molecular weight is 204 g/mol. The Labute approximate surface area is 87.4 Å². The Balaban J connectivity index is 4.16. The molecule has 0 saturated carbocycles. The molecule has 0 aliphatic rings. The molecule has 0 spiro atoms. The van der Waals surface area contributed by atoms with Crippen LogP contribution in [0.1, 0.15) is 40.5 Å². The monoisotopic (exact) mass is 204 g/mol. The third kappa shape index (κ3) is 4.40. The van der Waals surface area contributed by atoms with Crippen LogP contribution in [0.15, 0.2) is 0 Å². The molecule has 3 nitrogen and oxygen atoms in total. The molecule has 0 saturated heterocycles. The summed E-state index contributed by atoms with van der Waals surface area (Å²) in [6.45, 7) is 9.11. The van der Waals surface area contributed by atoms with Gasteiger partial charge in [-0.25, -0.2) is 0 Å². The third-order valence-corrected chi connectivity index (χ3v) is 2.47. The molecular formula is C11H24O3. The van der Waals surface area contributed by atoms with Crippen LogP contribution in [-0.4, -0.2) is 30.7 Å². The van der Waals surface area contributed by atoms with E-state index in [0.29, 0.717) is 13.2 Å². The highest BCUT2D eigenvalue weighted by Crippen LogP contribution is 2.18. The Hall–Kier alpha value is -0.120. The molecule has 1 unspecified atom stereocenters. The van der Waals surface area contributed by atoms with Crippen molar-refractivity contribution in [3.05, 3.63) is 0 Å². The van der Waals surface area contributed by atoms with Crippen LogP contribution < -0.4 is 0 Å². The fourth-order valence-electron chi connectivity index (χ4n) is 1.57. The van der Waals surface area contributed by atoms with Gasteiger partial charge >= 0.3 is 0 Å². The Morgan fingerprint density at radius 1 is 0.929 bits per heavy atom. The first-order chi connectivity index (χ1) is 6.71. The second kappa shape index (κ2) is 8.21. The van der Waals surface area contributed by atoms with Gasteiger partial charge in [-0.2, -0.15) is 0 Å². The van der Waals surface area contributed by atoms with Gasteiger partial charge in [0.2, 0.25) is 0 Å². The van der Waals surface area contributed by atoms with E-state index in [1.54, 1.807) is 0 Å². The van der Waals surface area contributed by atoms with Crippen LogP contribution in [0.3, 0.4) is 0 Å². The van der Waals surface area contributed by atoms with Crippen molar-refractivity contribution < 1.29 is 14.6 Å². The summed E-state index contributed by atoms with van der Waals surface area (Å²) in [5, 5.41) is 9.98. The fraction of sp³-hybridized carbons (Fsp3) is 1.00. The van der Waals surface area contributed by atoms with E-state index in [-0.39, 0.29) is 5.92 Å². The van der Waals surface area contributed by atoms with Gasteiger partial charge in [0.25, 0.3) is 0 Å². The zero-order chi connectivity index (χ0) is 11.0. The lowest BCUT2D eigenvalue weighted by Crippen LogP contribution is -2.37. The molecule has 1 atom stereocenters. The molecule has 0 amide bonds. The van der Waals surface area contributed by atoms with E-state index in [1.165, 1.54) is 0 Å². The predicted molar refractivity (Wildman–Crippen MR) is 57.1 cm³/mol. The first-order valence-electron chi connectivity index (χ1n) is 5.62. The van der Waals surface area contributed by atoms with Crippen molar-refractivity contribution in [3.8, 4) is 0 Å². The third-order valence-electron chi connectivity index (χ3n) is 2.47. The van der Waals surface area contributed by atoms with Crippen molar-refractivity contribution in [2.24, 2.45) is 5.92 Å². The van der Waals surface area contributed by atoms with Gasteiger partial charge in [0.1, 0.15) is 6.10 Å².